The molecule has 1 unspecified atom stereocenters. The van der Waals surface area contributed by atoms with E-state index in [-0.39, 0.29) is 31.1 Å². The van der Waals surface area contributed by atoms with Gasteiger partial charge in [0.2, 0.25) is 0 Å². The van der Waals surface area contributed by atoms with Crippen LogP contribution in [-0.2, 0) is 28.6 Å². The molecule has 0 aromatic heterocycles. The van der Waals surface area contributed by atoms with E-state index in [1.807, 2.05) is 0 Å². The molecule has 0 saturated carbocycles. The van der Waals surface area contributed by atoms with E-state index in [1.54, 1.807) is 0 Å². The lowest BCUT2D eigenvalue weighted by Gasteiger charge is -2.18. The second-order valence-corrected chi connectivity index (χ2v) is 20.2. The lowest BCUT2D eigenvalue weighted by Crippen LogP contribution is -2.30. The minimum atomic E-state index is -0.778. The summed E-state index contributed by atoms with van der Waals surface area (Å²) >= 11 is 0. The first-order chi connectivity index (χ1) is 34.5. The Morgan fingerprint density at radius 2 is 0.557 bits per heavy atom. The molecular formula is C64H114O6. The van der Waals surface area contributed by atoms with Crippen LogP contribution in [0.2, 0.25) is 0 Å². The second-order valence-electron chi connectivity index (χ2n) is 20.2. The van der Waals surface area contributed by atoms with Gasteiger partial charge in [-0.15, -0.1) is 0 Å². The van der Waals surface area contributed by atoms with Crippen LogP contribution in [0.1, 0.15) is 310 Å². The Kier molecular flexibility index (Phi) is 56.3. The Morgan fingerprint density at radius 3 is 0.871 bits per heavy atom. The largest absolute Gasteiger partial charge is 0.462 e. The standard InChI is InChI=1S/C64H114O6/c1-4-7-10-13-16-19-22-25-27-29-30-31-32-33-34-36-37-39-42-45-48-51-54-57-63(66)69-60-61(59-68-62(65)56-53-50-47-44-41-24-21-18-15-12-9-6-3)70-64(67)58-55-52-49-46-43-40-38-35-28-26-23-20-17-14-11-8-5-2/h8,11,17,20,22,25-26,28-30,61H,4-7,9-10,12-16,18-19,21,23-24,27,31-60H2,1-3H3/b11-8-,20-17-,25-22-,28-26-,30-29-. The molecule has 0 aromatic rings. The van der Waals surface area contributed by atoms with Gasteiger partial charge in [0.25, 0.3) is 0 Å². The molecule has 0 rings (SSSR count). The number of hydrogen-bond acceptors (Lipinski definition) is 6. The molecule has 0 amide bonds. The average molecular weight is 980 g/mol. The van der Waals surface area contributed by atoms with E-state index in [0.29, 0.717) is 19.3 Å². The summed E-state index contributed by atoms with van der Waals surface area (Å²) in [6.07, 6.45) is 73.6. The van der Waals surface area contributed by atoms with E-state index in [9.17, 15) is 14.4 Å². The quantitative estimate of drug-likeness (QED) is 0.0261. The Balaban J connectivity index is 4.30. The summed E-state index contributed by atoms with van der Waals surface area (Å²) in [5.41, 5.74) is 0. The van der Waals surface area contributed by atoms with Gasteiger partial charge in [-0.25, -0.2) is 0 Å². The number of unbranched alkanes of at least 4 members (excludes halogenated alkanes) is 34. The Bertz CT molecular complexity index is 1260. The van der Waals surface area contributed by atoms with Crippen LogP contribution in [0.4, 0.5) is 0 Å². The third kappa shape index (κ3) is 56.0. The fraction of sp³-hybridized carbons (Fsp3) is 0.797. The number of rotatable bonds is 55. The van der Waals surface area contributed by atoms with E-state index in [2.05, 4.69) is 81.5 Å². The van der Waals surface area contributed by atoms with Gasteiger partial charge in [0, 0.05) is 19.3 Å². The number of esters is 3. The van der Waals surface area contributed by atoms with E-state index < -0.39 is 6.10 Å². The van der Waals surface area contributed by atoms with Gasteiger partial charge < -0.3 is 14.2 Å². The maximum absolute atomic E-state index is 12.9. The van der Waals surface area contributed by atoms with Crippen molar-refractivity contribution < 1.29 is 28.6 Å². The zero-order valence-electron chi connectivity index (χ0n) is 46.5. The third-order valence-corrected chi connectivity index (χ3v) is 13.3. The summed E-state index contributed by atoms with van der Waals surface area (Å²) in [4.78, 5) is 38.2. The van der Waals surface area contributed by atoms with Gasteiger partial charge in [0.1, 0.15) is 13.2 Å². The Labute approximate surface area is 434 Å². The van der Waals surface area contributed by atoms with E-state index in [4.69, 9.17) is 14.2 Å². The van der Waals surface area contributed by atoms with Crippen LogP contribution in [-0.4, -0.2) is 37.2 Å². The molecule has 6 nitrogen and oxygen atoms in total. The second kappa shape index (κ2) is 58.7. The lowest BCUT2D eigenvalue weighted by molar-refractivity contribution is -0.167. The van der Waals surface area contributed by atoms with Gasteiger partial charge in [-0.1, -0.05) is 268 Å². The number of carbonyl (C=O) groups is 3. The average Bonchev–Trinajstić information content (AvgIpc) is 3.36. The monoisotopic (exact) mass is 979 g/mol. The highest BCUT2D eigenvalue weighted by atomic mass is 16.6. The SMILES string of the molecule is CC/C=C\C/C=C\C/C=C\CCCCCCCCCC(=O)OC(COC(=O)CCCCCCCCCCCCCC)COC(=O)CCCCCCCCCCCCC/C=C\C/C=C\CCCCCCC. The molecule has 0 aliphatic rings. The molecule has 6 heteroatoms. The van der Waals surface area contributed by atoms with Crippen molar-refractivity contribution in [2.24, 2.45) is 0 Å². The molecule has 0 spiro atoms. The molecule has 70 heavy (non-hydrogen) atoms. The van der Waals surface area contributed by atoms with Crippen LogP contribution >= 0.6 is 0 Å². The molecule has 0 aliphatic carbocycles. The first-order valence-corrected chi connectivity index (χ1v) is 30.3. The predicted octanol–water partition coefficient (Wildman–Crippen LogP) is 20.4. The van der Waals surface area contributed by atoms with E-state index in [0.717, 1.165) is 89.9 Å². The van der Waals surface area contributed by atoms with Gasteiger partial charge in [-0.05, 0) is 83.5 Å². The maximum Gasteiger partial charge on any atom is 0.306 e. The first-order valence-electron chi connectivity index (χ1n) is 30.3. The van der Waals surface area contributed by atoms with E-state index >= 15 is 0 Å². The third-order valence-electron chi connectivity index (χ3n) is 13.3. The lowest BCUT2D eigenvalue weighted by atomic mass is 10.0. The van der Waals surface area contributed by atoms with Gasteiger partial charge in [-0.3, -0.25) is 14.4 Å². The number of ether oxygens (including phenoxy) is 3. The van der Waals surface area contributed by atoms with Crippen molar-refractivity contribution in [1.29, 1.82) is 0 Å². The van der Waals surface area contributed by atoms with E-state index in [1.165, 1.54) is 180 Å². The van der Waals surface area contributed by atoms with Crippen LogP contribution in [0.15, 0.2) is 60.8 Å². The van der Waals surface area contributed by atoms with Crippen molar-refractivity contribution in [3.8, 4) is 0 Å². The number of allylic oxidation sites excluding steroid dienone is 10. The summed E-state index contributed by atoms with van der Waals surface area (Å²) < 4.78 is 16.9. The molecule has 0 aromatic carbocycles. The highest BCUT2D eigenvalue weighted by molar-refractivity contribution is 5.71. The molecule has 0 radical (unpaired) electrons. The fourth-order valence-electron chi connectivity index (χ4n) is 8.72. The molecule has 1 atom stereocenters. The minimum absolute atomic E-state index is 0.0760. The molecule has 0 N–H and O–H groups in total. The van der Waals surface area contributed by atoms with Crippen molar-refractivity contribution in [1.82, 2.24) is 0 Å². The molecule has 0 saturated heterocycles. The summed E-state index contributed by atoms with van der Waals surface area (Å²) in [7, 11) is 0. The molecular weight excluding hydrogens is 865 g/mol. The number of hydrogen-bond donors (Lipinski definition) is 0. The fourth-order valence-corrected chi connectivity index (χ4v) is 8.72. The minimum Gasteiger partial charge on any atom is -0.462 e. The molecule has 406 valence electrons. The van der Waals surface area contributed by atoms with Crippen molar-refractivity contribution in [2.45, 2.75) is 316 Å². The molecule has 0 heterocycles. The van der Waals surface area contributed by atoms with Gasteiger partial charge in [-0.2, -0.15) is 0 Å². The maximum atomic E-state index is 12.9. The van der Waals surface area contributed by atoms with Crippen molar-refractivity contribution in [2.75, 3.05) is 13.2 Å². The number of carbonyl (C=O) groups excluding carboxylic acids is 3. The smallest absolute Gasteiger partial charge is 0.306 e. The van der Waals surface area contributed by atoms with Crippen molar-refractivity contribution >= 4 is 17.9 Å². The highest BCUT2D eigenvalue weighted by Gasteiger charge is 2.19. The molecule has 0 fully saturated rings. The molecule has 0 aliphatic heterocycles. The topological polar surface area (TPSA) is 78.9 Å². The first kappa shape index (κ1) is 67.1. The van der Waals surface area contributed by atoms with Gasteiger partial charge in [0.15, 0.2) is 6.10 Å². The van der Waals surface area contributed by atoms with Crippen molar-refractivity contribution in [3.05, 3.63) is 60.8 Å². The summed E-state index contributed by atoms with van der Waals surface area (Å²) in [5.74, 6) is -0.874. The Hall–Kier alpha value is -2.89. The summed E-state index contributed by atoms with van der Waals surface area (Å²) in [5, 5.41) is 0. The van der Waals surface area contributed by atoms with Crippen LogP contribution < -0.4 is 0 Å². The highest BCUT2D eigenvalue weighted by Crippen LogP contribution is 2.16. The van der Waals surface area contributed by atoms with Gasteiger partial charge in [0.05, 0.1) is 0 Å². The summed E-state index contributed by atoms with van der Waals surface area (Å²) in [6, 6.07) is 0. The summed E-state index contributed by atoms with van der Waals surface area (Å²) in [6.45, 7) is 6.54. The predicted molar refractivity (Wildman–Crippen MR) is 302 cm³/mol. The zero-order valence-corrected chi connectivity index (χ0v) is 46.5. The normalized spacial score (nSPS) is 12.4. The zero-order chi connectivity index (χ0) is 50.7. The van der Waals surface area contributed by atoms with Crippen LogP contribution in [0.25, 0.3) is 0 Å². The van der Waals surface area contributed by atoms with Crippen molar-refractivity contribution in [3.63, 3.8) is 0 Å². The Morgan fingerprint density at radius 1 is 0.300 bits per heavy atom. The molecule has 0 bridgehead atoms. The van der Waals surface area contributed by atoms with Gasteiger partial charge >= 0.3 is 17.9 Å². The van der Waals surface area contributed by atoms with Crippen LogP contribution in [0, 0.1) is 0 Å². The van der Waals surface area contributed by atoms with Crippen LogP contribution in [0.3, 0.4) is 0 Å². The van der Waals surface area contributed by atoms with Crippen LogP contribution in [0.5, 0.6) is 0 Å².